The van der Waals surface area contributed by atoms with Crippen LogP contribution in [0.5, 0.6) is 28.7 Å². The van der Waals surface area contributed by atoms with E-state index in [1.54, 1.807) is 35.5 Å². The van der Waals surface area contributed by atoms with Crippen molar-refractivity contribution in [2.45, 2.75) is 43.4 Å². The van der Waals surface area contributed by atoms with Crippen molar-refractivity contribution in [3.63, 3.8) is 0 Å². The summed E-state index contributed by atoms with van der Waals surface area (Å²) in [7, 11) is 7.91. The normalized spacial score (nSPS) is 20.0. The van der Waals surface area contributed by atoms with Gasteiger partial charge in [0.25, 0.3) is 0 Å². The number of hydrogen-bond acceptors (Lipinski definition) is 8. The Hall–Kier alpha value is -4.72. The number of methoxy groups -OCH3 is 5. The van der Waals surface area contributed by atoms with Gasteiger partial charge in [-0.3, -0.25) is 9.59 Å². The summed E-state index contributed by atoms with van der Waals surface area (Å²) in [4.78, 5) is 28.2. The van der Waals surface area contributed by atoms with Crippen molar-refractivity contribution in [1.82, 2.24) is 0 Å². The lowest BCUT2D eigenvalue weighted by Gasteiger charge is -2.39. The van der Waals surface area contributed by atoms with Gasteiger partial charge in [-0.25, -0.2) is 0 Å². The number of benzene rings is 3. The second-order valence-corrected chi connectivity index (χ2v) is 11.3. The molecule has 0 amide bonds. The first-order valence-electron chi connectivity index (χ1n) is 14.7. The first kappa shape index (κ1) is 29.4. The van der Waals surface area contributed by atoms with Crippen molar-refractivity contribution in [3.8, 4) is 28.7 Å². The molecule has 44 heavy (non-hydrogen) atoms. The quantitative estimate of drug-likeness (QED) is 0.286. The highest BCUT2D eigenvalue weighted by Crippen LogP contribution is 2.53. The molecule has 0 bridgehead atoms. The summed E-state index contributed by atoms with van der Waals surface area (Å²) in [5.74, 6) is 3.27. The molecule has 0 unspecified atom stereocenters. The van der Waals surface area contributed by atoms with Crippen LogP contribution in [0.4, 0.5) is 0 Å². The largest absolute Gasteiger partial charge is 0.497 e. The first-order chi connectivity index (χ1) is 21.4. The van der Waals surface area contributed by atoms with Gasteiger partial charge in [0.1, 0.15) is 23.0 Å². The van der Waals surface area contributed by atoms with Crippen LogP contribution in [0.1, 0.15) is 60.1 Å². The van der Waals surface area contributed by atoms with Crippen LogP contribution in [0.25, 0.3) is 0 Å². The third-order valence-corrected chi connectivity index (χ3v) is 8.95. The molecule has 8 nitrogen and oxygen atoms in total. The lowest BCUT2D eigenvalue weighted by Crippen LogP contribution is -2.33. The minimum Gasteiger partial charge on any atom is -0.497 e. The Kier molecular flexibility index (Phi) is 8.08. The Morgan fingerprint density at radius 3 is 1.34 bits per heavy atom. The molecular weight excluding hydrogens is 560 g/mol. The fraction of sp³-hybridized carbons (Fsp3) is 0.333. The average Bonchev–Trinajstić information content (AvgIpc) is 3.06. The van der Waals surface area contributed by atoms with Gasteiger partial charge < -0.3 is 28.4 Å². The molecule has 0 N–H and O–H groups in total. The fourth-order valence-electron chi connectivity index (χ4n) is 6.75. The van der Waals surface area contributed by atoms with Gasteiger partial charge in [-0.1, -0.05) is 24.3 Å². The van der Waals surface area contributed by atoms with Crippen LogP contribution in [-0.2, 0) is 14.3 Å². The Balaban J connectivity index is 1.46. The van der Waals surface area contributed by atoms with Crippen LogP contribution in [0, 0.1) is 0 Å². The lowest BCUT2D eigenvalue weighted by atomic mass is 9.69. The molecule has 2 aliphatic carbocycles. The number of Topliss-reactive ketones (excluding diaryl/α,β-unsaturated/α-hetero) is 2. The third kappa shape index (κ3) is 5.19. The highest BCUT2D eigenvalue weighted by atomic mass is 16.5. The molecule has 3 aromatic rings. The predicted octanol–water partition coefficient (Wildman–Crippen LogP) is 6.65. The summed E-state index contributed by atoms with van der Waals surface area (Å²) < 4.78 is 34.2. The van der Waals surface area contributed by atoms with E-state index in [1.807, 2.05) is 60.7 Å². The van der Waals surface area contributed by atoms with Crippen molar-refractivity contribution >= 4 is 11.6 Å². The van der Waals surface area contributed by atoms with Crippen molar-refractivity contribution in [1.29, 1.82) is 0 Å². The van der Waals surface area contributed by atoms with Gasteiger partial charge in [0.15, 0.2) is 23.1 Å². The molecule has 228 valence electrons. The highest BCUT2D eigenvalue weighted by Gasteiger charge is 2.46. The molecule has 0 fully saturated rings. The molecule has 3 aliphatic rings. The summed E-state index contributed by atoms with van der Waals surface area (Å²) in [6.07, 6.45) is 1.68. The van der Waals surface area contributed by atoms with Gasteiger partial charge in [-0.15, -0.1) is 0 Å². The van der Waals surface area contributed by atoms with Crippen LogP contribution in [0.3, 0.4) is 0 Å². The van der Waals surface area contributed by atoms with Crippen molar-refractivity contribution in [2.75, 3.05) is 35.5 Å². The fourth-order valence-corrected chi connectivity index (χ4v) is 6.75. The van der Waals surface area contributed by atoms with E-state index in [4.69, 9.17) is 28.4 Å². The second-order valence-electron chi connectivity index (χ2n) is 11.3. The van der Waals surface area contributed by atoms with Crippen LogP contribution in [-0.4, -0.2) is 47.1 Å². The predicted molar refractivity (Wildman–Crippen MR) is 164 cm³/mol. The Bertz CT molecular complexity index is 1530. The van der Waals surface area contributed by atoms with Crippen molar-refractivity contribution < 1.29 is 38.0 Å². The standard InChI is InChI=1S/C36H36O8/c1-39-25-10-6-20(7-11-25)22-14-27(37)34-29(16-22)44-30-17-23(21-8-12-26(40-2)13-9-21)15-28(38)35(30)33(34)24-18-31(41-3)36(43-5)32(19-24)42-4/h6-13,18-19,22-23,33H,14-17H2,1-5H3/t22-,23-/m0/s1. The monoisotopic (exact) mass is 596 g/mol. The molecule has 1 aliphatic heterocycles. The van der Waals surface area contributed by atoms with Gasteiger partial charge in [0, 0.05) is 42.7 Å². The highest BCUT2D eigenvalue weighted by molar-refractivity contribution is 6.06. The topological polar surface area (TPSA) is 89.5 Å². The summed E-state index contributed by atoms with van der Waals surface area (Å²) in [5, 5.41) is 0. The van der Waals surface area contributed by atoms with E-state index in [2.05, 4.69) is 0 Å². The SMILES string of the molecule is COc1ccc([C@H]2CC(=O)C3=C(C2)OC2=C(C(=O)C[C@H](c4ccc(OC)cc4)C2)C3c2cc(OC)c(OC)c(OC)c2)cc1. The molecule has 8 heteroatoms. The maximum atomic E-state index is 14.1. The van der Waals surface area contributed by atoms with Gasteiger partial charge in [0.2, 0.25) is 5.75 Å². The minimum atomic E-state index is -0.615. The summed E-state index contributed by atoms with van der Waals surface area (Å²) in [6.45, 7) is 0. The number of rotatable bonds is 8. The van der Waals surface area contributed by atoms with E-state index in [-0.39, 0.29) is 23.4 Å². The van der Waals surface area contributed by atoms with E-state index in [0.717, 1.165) is 28.2 Å². The molecule has 0 saturated heterocycles. The van der Waals surface area contributed by atoms with Crippen LogP contribution in [0.2, 0.25) is 0 Å². The smallest absolute Gasteiger partial charge is 0.203 e. The maximum absolute atomic E-state index is 14.1. The molecule has 0 radical (unpaired) electrons. The zero-order chi connectivity index (χ0) is 31.0. The molecule has 0 aromatic heterocycles. The van der Waals surface area contributed by atoms with Crippen molar-refractivity contribution in [3.05, 3.63) is 100 Å². The first-order valence-corrected chi connectivity index (χ1v) is 14.7. The Morgan fingerprint density at radius 1 is 0.545 bits per heavy atom. The summed E-state index contributed by atoms with van der Waals surface area (Å²) in [5.41, 5.74) is 3.84. The third-order valence-electron chi connectivity index (χ3n) is 8.95. The molecule has 0 spiro atoms. The molecule has 6 rings (SSSR count). The van der Waals surface area contributed by atoms with E-state index < -0.39 is 5.92 Å². The van der Waals surface area contributed by atoms with E-state index in [9.17, 15) is 9.59 Å². The van der Waals surface area contributed by atoms with Gasteiger partial charge in [0.05, 0.1) is 35.5 Å². The number of hydrogen-bond donors (Lipinski definition) is 0. The van der Waals surface area contributed by atoms with Crippen LogP contribution < -0.4 is 23.7 Å². The number of carbonyl (C=O) groups is 2. The van der Waals surface area contributed by atoms with Crippen LogP contribution >= 0.6 is 0 Å². The summed E-state index contributed by atoms with van der Waals surface area (Å²) in [6, 6.07) is 19.3. The van der Waals surface area contributed by atoms with Crippen molar-refractivity contribution in [2.24, 2.45) is 0 Å². The van der Waals surface area contributed by atoms with E-state index in [0.29, 0.717) is 65.6 Å². The Morgan fingerprint density at radius 2 is 0.977 bits per heavy atom. The number of ketones is 2. The average molecular weight is 597 g/mol. The summed E-state index contributed by atoms with van der Waals surface area (Å²) >= 11 is 0. The number of ether oxygens (including phenoxy) is 6. The van der Waals surface area contributed by atoms with Gasteiger partial charge in [-0.2, -0.15) is 0 Å². The lowest BCUT2D eigenvalue weighted by molar-refractivity contribution is -0.118. The minimum absolute atomic E-state index is 0.0394. The molecule has 0 saturated carbocycles. The molecule has 2 atom stereocenters. The van der Waals surface area contributed by atoms with Gasteiger partial charge in [-0.05, 0) is 64.9 Å². The van der Waals surface area contributed by atoms with Gasteiger partial charge >= 0.3 is 0 Å². The zero-order valence-corrected chi connectivity index (χ0v) is 25.6. The zero-order valence-electron chi connectivity index (χ0n) is 25.6. The maximum Gasteiger partial charge on any atom is 0.203 e. The molecular formula is C36H36O8. The Labute approximate surface area is 257 Å². The number of allylic oxidation sites excluding steroid dienone is 4. The van der Waals surface area contributed by atoms with E-state index in [1.165, 1.54) is 0 Å². The van der Waals surface area contributed by atoms with Crippen LogP contribution in [0.15, 0.2) is 83.3 Å². The van der Waals surface area contributed by atoms with E-state index >= 15 is 0 Å². The second kappa shape index (κ2) is 12.1. The molecule has 1 heterocycles. The molecule has 3 aromatic carbocycles. The number of carbonyl (C=O) groups excluding carboxylic acids is 2.